The van der Waals surface area contributed by atoms with Crippen molar-refractivity contribution < 1.29 is 0 Å². The molecule has 1 aliphatic heterocycles. The zero-order valence-electron chi connectivity index (χ0n) is 13.5. The van der Waals surface area contributed by atoms with Crippen molar-refractivity contribution in [3.8, 4) is 0 Å². The number of nitrogens with one attached hydrogen (secondary N) is 1. The molecule has 20 heavy (non-hydrogen) atoms. The first-order chi connectivity index (χ1) is 9.65. The third-order valence-corrected chi connectivity index (χ3v) is 5.46. The normalized spacial score (nSPS) is 24.4. The first-order valence-corrected chi connectivity index (χ1v) is 9.06. The monoisotopic (exact) mass is 294 g/mol. The number of rotatable bonds is 6. The van der Waals surface area contributed by atoms with Crippen LogP contribution < -0.4 is 5.32 Å². The number of hydrogen-bond acceptors (Lipinski definition) is 3. The molecule has 114 valence electrons. The van der Waals surface area contributed by atoms with Crippen LogP contribution in [0, 0.1) is 5.92 Å². The number of aryl methyl sites for hydroxylation is 1. The Hall–Kier alpha value is -0.380. The predicted octanol–water partition coefficient (Wildman–Crippen LogP) is 3.91. The number of hydrogen-bond donors (Lipinski definition) is 1. The fourth-order valence-electron chi connectivity index (χ4n) is 3.29. The van der Waals surface area contributed by atoms with Crippen molar-refractivity contribution in [2.45, 2.75) is 65.6 Å². The van der Waals surface area contributed by atoms with Gasteiger partial charge in [0, 0.05) is 36.6 Å². The second-order valence-corrected chi connectivity index (χ2v) is 7.36. The Morgan fingerprint density at radius 1 is 1.40 bits per heavy atom. The molecule has 0 aromatic carbocycles. The summed E-state index contributed by atoms with van der Waals surface area (Å²) in [6.45, 7) is 12.8. The van der Waals surface area contributed by atoms with E-state index in [2.05, 4.69) is 49.4 Å². The zero-order chi connectivity index (χ0) is 14.5. The van der Waals surface area contributed by atoms with Crippen LogP contribution in [0.1, 0.15) is 51.0 Å². The van der Waals surface area contributed by atoms with Crippen molar-refractivity contribution in [1.29, 1.82) is 0 Å². The van der Waals surface area contributed by atoms with E-state index in [0.717, 1.165) is 25.4 Å². The average molecular weight is 295 g/mol. The summed E-state index contributed by atoms with van der Waals surface area (Å²) in [4.78, 5) is 4.31. The maximum Gasteiger partial charge on any atom is 0.0334 e. The molecule has 3 heteroatoms. The summed E-state index contributed by atoms with van der Waals surface area (Å²) in [6, 6.07) is 3.66. The third kappa shape index (κ3) is 3.84. The van der Waals surface area contributed by atoms with E-state index in [1.807, 2.05) is 11.3 Å². The van der Waals surface area contributed by atoms with Crippen molar-refractivity contribution in [2.24, 2.45) is 5.92 Å². The Bertz CT molecular complexity index is 399. The van der Waals surface area contributed by atoms with E-state index in [4.69, 9.17) is 0 Å². The molecule has 0 spiro atoms. The van der Waals surface area contributed by atoms with Crippen LogP contribution in [0.3, 0.4) is 0 Å². The molecule has 2 rings (SSSR count). The lowest BCUT2D eigenvalue weighted by atomic mass is 9.96. The van der Waals surface area contributed by atoms with E-state index >= 15 is 0 Å². The highest BCUT2D eigenvalue weighted by atomic mass is 32.1. The predicted molar refractivity (Wildman–Crippen MR) is 89.4 cm³/mol. The fraction of sp³-hybridized carbons (Fsp3) is 0.765. The molecular formula is C17H30N2S. The molecule has 1 saturated heterocycles. The van der Waals surface area contributed by atoms with Gasteiger partial charge in [-0.3, -0.25) is 4.90 Å². The van der Waals surface area contributed by atoms with Gasteiger partial charge in [0.15, 0.2) is 0 Å². The van der Waals surface area contributed by atoms with E-state index in [9.17, 15) is 0 Å². The van der Waals surface area contributed by atoms with E-state index in [0.29, 0.717) is 12.1 Å². The van der Waals surface area contributed by atoms with E-state index in [-0.39, 0.29) is 0 Å². The Balaban J connectivity index is 2.07. The van der Waals surface area contributed by atoms with Gasteiger partial charge >= 0.3 is 0 Å². The van der Waals surface area contributed by atoms with E-state index in [1.54, 1.807) is 10.4 Å². The summed E-state index contributed by atoms with van der Waals surface area (Å²) in [5.41, 5.74) is 1.54. The van der Waals surface area contributed by atoms with Crippen LogP contribution >= 0.6 is 11.3 Å². The van der Waals surface area contributed by atoms with Gasteiger partial charge in [-0.15, -0.1) is 11.3 Å². The highest BCUT2D eigenvalue weighted by Crippen LogP contribution is 2.24. The number of piperazine rings is 1. The summed E-state index contributed by atoms with van der Waals surface area (Å²) in [5, 5.41) is 6.01. The molecule has 0 saturated carbocycles. The Morgan fingerprint density at radius 3 is 2.85 bits per heavy atom. The molecule has 2 unspecified atom stereocenters. The number of thiophene rings is 1. The van der Waals surface area contributed by atoms with Crippen molar-refractivity contribution in [3.05, 3.63) is 21.9 Å². The molecule has 1 N–H and O–H groups in total. The molecule has 2 nitrogen and oxygen atoms in total. The van der Waals surface area contributed by atoms with Crippen molar-refractivity contribution in [1.82, 2.24) is 10.2 Å². The lowest BCUT2D eigenvalue weighted by Gasteiger charge is -2.42. The Labute approximate surface area is 128 Å². The quantitative estimate of drug-likeness (QED) is 0.856. The van der Waals surface area contributed by atoms with E-state index < -0.39 is 0 Å². The fourth-order valence-corrected chi connectivity index (χ4v) is 4.29. The lowest BCUT2D eigenvalue weighted by Crippen LogP contribution is -2.57. The summed E-state index contributed by atoms with van der Waals surface area (Å²) in [6.07, 6.45) is 3.74. The maximum absolute atomic E-state index is 3.75. The first kappa shape index (κ1) is 16.0. The summed E-state index contributed by atoms with van der Waals surface area (Å²) in [7, 11) is 0. The van der Waals surface area contributed by atoms with Crippen LogP contribution in [0.15, 0.2) is 11.4 Å². The Morgan fingerprint density at radius 2 is 2.20 bits per heavy atom. The molecule has 0 bridgehead atoms. The molecule has 0 amide bonds. The van der Waals surface area contributed by atoms with Gasteiger partial charge in [-0.2, -0.15) is 0 Å². The van der Waals surface area contributed by atoms with Crippen molar-refractivity contribution >= 4 is 11.3 Å². The first-order valence-electron chi connectivity index (χ1n) is 8.18. The lowest BCUT2D eigenvalue weighted by molar-refractivity contribution is 0.0893. The highest BCUT2D eigenvalue weighted by molar-refractivity contribution is 7.10. The van der Waals surface area contributed by atoms with Gasteiger partial charge in [-0.25, -0.2) is 0 Å². The van der Waals surface area contributed by atoms with Crippen LogP contribution in [0.2, 0.25) is 0 Å². The van der Waals surface area contributed by atoms with Gasteiger partial charge in [0.25, 0.3) is 0 Å². The van der Waals surface area contributed by atoms with Gasteiger partial charge in [0.2, 0.25) is 0 Å². The molecule has 2 heterocycles. The minimum absolute atomic E-state index is 0.676. The summed E-state index contributed by atoms with van der Waals surface area (Å²) in [5.74, 6) is 0.718. The molecule has 1 aliphatic rings. The van der Waals surface area contributed by atoms with Gasteiger partial charge in [0.05, 0.1) is 0 Å². The van der Waals surface area contributed by atoms with Gasteiger partial charge < -0.3 is 5.32 Å². The summed E-state index contributed by atoms with van der Waals surface area (Å²) < 4.78 is 0. The van der Waals surface area contributed by atoms with Crippen molar-refractivity contribution in [2.75, 3.05) is 13.1 Å². The SMILES string of the molecule is CCCC1CN(Cc2sccc2CC)C(C(C)C)CN1. The average Bonchev–Trinajstić information content (AvgIpc) is 2.86. The minimum atomic E-state index is 0.676. The highest BCUT2D eigenvalue weighted by Gasteiger charge is 2.29. The molecular weight excluding hydrogens is 264 g/mol. The molecule has 1 aromatic rings. The molecule has 1 fully saturated rings. The Kier molecular flexibility index (Phi) is 6.06. The van der Waals surface area contributed by atoms with Crippen LogP contribution in [0.5, 0.6) is 0 Å². The van der Waals surface area contributed by atoms with Crippen LogP contribution in [0.25, 0.3) is 0 Å². The van der Waals surface area contributed by atoms with Gasteiger partial charge in [-0.1, -0.05) is 34.1 Å². The van der Waals surface area contributed by atoms with Crippen LogP contribution in [-0.4, -0.2) is 30.1 Å². The zero-order valence-corrected chi connectivity index (χ0v) is 14.3. The van der Waals surface area contributed by atoms with E-state index in [1.165, 1.54) is 19.4 Å². The summed E-state index contributed by atoms with van der Waals surface area (Å²) >= 11 is 1.93. The van der Waals surface area contributed by atoms with Gasteiger partial charge in [0.1, 0.15) is 0 Å². The molecule has 0 aliphatic carbocycles. The third-order valence-electron chi connectivity index (χ3n) is 4.51. The van der Waals surface area contributed by atoms with Crippen LogP contribution in [0.4, 0.5) is 0 Å². The largest absolute Gasteiger partial charge is 0.311 e. The standard InChI is InChI=1S/C17H30N2S/c1-5-7-15-11-19(16(10-18-15)13(3)4)12-17-14(6-2)8-9-20-17/h8-9,13,15-16,18H,5-7,10-12H2,1-4H3. The maximum atomic E-state index is 3.75. The molecule has 0 radical (unpaired) electrons. The molecule has 1 aromatic heterocycles. The topological polar surface area (TPSA) is 15.3 Å². The number of nitrogens with zero attached hydrogens (tertiary/aromatic N) is 1. The van der Waals surface area contributed by atoms with Crippen molar-refractivity contribution in [3.63, 3.8) is 0 Å². The second kappa shape index (κ2) is 7.58. The smallest absolute Gasteiger partial charge is 0.0334 e. The second-order valence-electron chi connectivity index (χ2n) is 6.36. The van der Waals surface area contributed by atoms with Gasteiger partial charge in [-0.05, 0) is 35.8 Å². The van der Waals surface area contributed by atoms with Crippen LogP contribution in [-0.2, 0) is 13.0 Å². The minimum Gasteiger partial charge on any atom is -0.311 e. The molecule has 2 atom stereocenters.